The third kappa shape index (κ3) is 9.87. The molecule has 0 aliphatic carbocycles. The predicted molar refractivity (Wildman–Crippen MR) is 140 cm³/mol. The SMILES string of the molecule is Cc1cccc(CC(CCCCCCCCCCC(Cc2cccc(C)c2C)OO)OO)c1C. The molecule has 0 aliphatic rings. The number of benzene rings is 2. The van der Waals surface area contributed by atoms with Crippen LogP contribution in [0.3, 0.4) is 0 Å². The molecule has 0 saturated heterocycles. The van der Waals surface area contributed by atoms with Crippen molar-refractivity contribution in [3.8, 4) is 0 Å². The summed E-state index contributed by atoms with van der Waals surface area (Å²) in [6.45, 7) is 8.53. The second-order valence-electron chi connectivity index (χ2n) is 9.99. The fraction of sp³-hybridized carbons (Fsp3) is 0.600. The smallest absolute Gasteiger partial charge is 0.0967 e. The Kier molecular flexibility index (Phi) is 13.5. The Morgan fingerprint density at radius 2 is 0.912 bits per heavy atom. The van der Waals surface area contributed by atoms with Gasteiger partial charge in [0.15, 0.2) is 0 Å². The molecule has 2 atom stereocenters. The normalized spacial score (nSPS) is 13.2. The van der Waals surface area contributed by atoms with E-state index in [9.17, 15) is 10.5 Å². The van der Waals surface area contributed by atoms with E-state index in [-0.39, 0.29) is 12.2 Å². The minimum Gasteiger partial charge on any atom is -0.252 e. The zero-order valence-corrected chi connectivity index (χ0v) is 21.8. The van der Waals surface area contributed by atoms with E-state index in [1.165, 1.54) is 71.9 Å². The van der Waals surface area contributed by atoms with Crippen molar-refractivity contribution in [3.63, 3.8) is 0 Å². The van der Waals surface area contributed by atoms with Gasteiger partial charge in [-0.3, -0.25) is 10.5 Å². The number of hydrogen-bond donors (Lipinski definition) is 2. The summed E-state index contributed by atoms with van der Waals surface area (Å²) >= 11 is 0. The highest BCUT2D eigenvalue weighted by Crippen LogP contribution is 2.20. The molecule has 0 radical (unpaired) electrons. The average molecular weight is 471 g/mol. The fourth-order valence-electron chi connectivity index (χ4n) is 4.75. The Morgan fingerprint density at radius 1 is 0.559 bits per heavy atom. The Hall–Kier alpha value is -1.72. The summed E-state index contributed by atoms with van der Waals surface area (Å²) in [5.41, 5.74) is 7.70. The quantitative estimate of drug-likeness (QED) is 0.139. The van der Waals surface area contributed by atoms with Crippen molar-refractivity contribution in [1.29, 1.82) is 0 Å². The molecule has 2 aromatic rings. The molecule has 0 fully saturated rings. The van der Waals surface area contributed by atoms with Gasteiger partial charge in [0.2, 0.25) is 0 Å². The van der Waals surface area contributed by atoms with E-state index >= 15 is 0 Å². The molecule has 2 aromatic carbocycles. The van der Waals surface area contributed by atoms with Crippen molar-refractivity contribution in [2.75, 3.05) is 0 Å². The minimum atomic E-state index is -0.120. The summed E-state index contributed by atoms with van der Waals surface area (Å²) < 4.78 is 0. The van der Waals surface area contributed by atoms with Gasteiger partial charge in [-0.15, -0.1) is 0 Å². The summed E-state index contributed by atoms with van der Waals surface area (Å²) in [7, 11) is 0. The number of aryl methyl sites for hydroxylation is 2. The van der Waals surface area contributed by atoms with E-state index in [1.807, 2.05) is 0 Å². The van der Waals surface area contributed by atoms with Gasteiger partial charge in [-0.2, -0.15) is 0 Å². The zero-order chi connectivity index (χ0) is 24.8. The topological polar surface area (TPSA) is 58.9 Å². The van der Waals surface area contributed by atoms with E-state index < -0.39 is 0 Å². The molecule has 0 aliphatic heterocycles. The first-order valence-electron chi connectivity index (χ1n) is 13.2. The molecule has 190 valence electrons. The van der Waals surface area contributed by atoms with Crippen LogP contribution >= 0.6 is 0 Å². The molecule has 0 saturated carbocycles. The third-order valence-electron chi connectivity index (χ3n) is 7.43. The maximum Gasteiger partial charge on any atom is 0.0967 e. The van der Waals surface area contributed by atoms with Gasteiger partial charge in [-0.25, -0.2) is 9.78 Å². The Bertz CT molecular complexity index is 763. The molecule has 4 nitrogen and oxygen atoms in total. The summed E-state index contributed by atoms with van der Waals surface area (Å²) in [6, 6.07) is 12.7. The maximum atomic E-state index is 9.31. The average Bonchev–Trinajstić information content (AvgIpc) is 2.83. The van der Waals surface area contributed by atoms with Gasteiger partial charge in [0.25, 0.3) is 0 Å². The van der Waals surface area contributed by atoms with E-state index in [0.717, 1.165) is 38.5 Å². The molecule has 4 heteroatoms. The molecule has 0 bridgehead atoms. The van der Waals surface area contributed by atoms with Crippen molar-refractivity contribution >= 4 is 0 Å². The van der Waals surface area contributed by atoms with Crippen LogP contribution in [0.25, 0.3) is 0 Å². The fourth-order valence-corrected chi connectivity index (χ4v) is 4.75. The second kappa shape index (κ2) is 16.0. The van der Waals surface area contributed by atoms with Crippen LogP contribution < -0.4 is 0 Å². The Morgan fingerprint density at radius 3 is 1.26 bits per heavy atom. The van der Waals surface area contributed by atoms with Crippen LogP contribution in [0.15, 0.2) is 36.4 Å². The largest absolute Gasteiger partial charge is 0.252 e. The lowest BCUT2D eigenvalue weighted by Crippen LogP contribution is -2.15. The van der Waals surface area contributed by atoms with Crippen LogP contribution in [0.2, 0.25) is 0 Å². The molecule has 0 amide bonds. The first-order chi connectivity index (χ1) is 16.5. The van der Waals surface area contributed by atoms with Gasteiger partial charge in [0, 0.05) is 12.8 Å². The highest BCUT2D eigenvalue weighted by atomic mass is 17.1. The van der Waals surface area contributed by atoms with Crippen molar-refractivity contribution in [3.05, 3.63) is 69.8 Å². The summed E-state index contributed by atoms with van der Waals surface area (Å²) in [6.07, 6.45) is 12.6. The first-order valence-corrected chi connectivity index (χ1v) is 13.2. The van der Waals surface area contributed by atoms with Crippen LogP contribution in [-0.4, -0.2) is 22.7 Å². The van der Waals surface area contributed by atoms with Crippen LogP contribution in [0, 0.1) is 27.7 Å². The van der Waals surface area contributed by atoms with Crippen LogP contribution in [0.1, 0.15) is 97.6 Å². The molecule has 0 aromatic heterocycles. The van der Waals surface area contributed by atoms with Gasteiger partial charge in [-0.1, -0.05) is 87.8 Å². The molecule has 0 heterocycles. The molecule has 2 N–H and O–H groups in total. The van der Waals surface area contributed by atoms with Gasteiger partial charge in [-0.05, 0) is 73.9 Å². The van der Waals surface area contributed by atoms with E-state index in [2.05, 4.69) is 64.1 Å². The highest BCUT2D eigenvalue weighted by molar-refractivity contribution is 5.34. The van der Waals surface area contributed by atoms with Gasteiger partial charge in [0.05, 0.1) is 12.2 Å². The number of unbranched alkanes of at least 4 members (excludes halogenated alkanes) is 7. The maximum absolute atomic E-state index is 9.31. The summed E-state index contributed by atoms with van der Waals surface area (Å²) in [5, 5.41) is 18.6. The molecular weight excluding hydrogens is 424 g/mol. The molecule has 0 spiro atoms. The van der Waals surface area contributed by atoms with Gasteiger partial charge in [0.1, 0.15) is 0 Å². The second-order valence-corrected chi connectivity index (χ2v) is 9.99. The van der Waals surface area contributed by atoms with Crippen molar-refractivity contribution < 1.29 is 20.3 Å². The first kappa shape index (κ1) is 28.5. The summed E-state index contributed by atoms with van der Waals surface area (Å²) in [4.78, 5) is 9.54. The predicted octanol–water partition coefficient (Wildman–Crippen LogP) is 8.32. The summed E-state index contributed by atoms with van der Waals surface area (Å²) in [5.74, 6) is 0. The van der Waals surface area contributed by atoms with Gasteiger partial charge >= 0.3 is 0 Å². The lowest BCUT2D eigenvalue weighted by molar-refractivity contribution is -0.279. The van der Waals surface area contributed by atoms with Crippen LogP contribution in [-0.2, 0) is 22.6 Å². The lowest BCUT2D eigenvalue weighted by atomic mass is 9.96. The van der Waals surface area contributed by atoms with Crippen LogP contribution in [0.5, 0.6) is 0 Å². The Balaban J connectivity index is 1.52. The molecule has 2 rings (SSSR count). The molecular formula is C30H46O4. The van der Waals surface area contributed by atoms with Gasteiger partial charge < -0.3 is 0 Å². The van der Waals surface area contributed by atoms with Crippen molar-refractivity contribution in [1.82, 2.24) is 0 Å². The van der Waals surface area contributed by atoms with Crippen molar-refractivity contribution in [2.24, 2.45) is 0 Å². The van der Waals surface area contributed by atoms with Crippen molar-refractivity contribution in [2.45, 2.75) is 117 Å². The van der Waals surface area contributed by atoms with E-state index in [4.69, 9.17) is 9.78 Å². The molecule has 2 unspecified atom stereocenters. The lowest BCUT2D eigenvalue weighted by Gasteiger charge is -2.16. The highest BCUT2D eigenvalue weighted by Gasteiger charge is 2.13. The number of hydrogen-bond acceptors (Lipinski definition) is 4. The number of rotatable bonds is 17. The zero-order valence-electron chi connectivity index (χ0n) is 21.8. The van der Waals surface area contributed by atoms with Crippen LogP contribution in [0.4, 0.5) is 0 Å². The molecule has 34 heavy (non-hydrogen) atoms. The van der Waals surface area contributed by atoms with E-state index in [1.54, 1.807) is 0 Å². The third-order valence-corrected chi connectivity index (χ3v) is 7.43. The Labute approximate surface area is 207 Å². The minimum absolute atomic E-state index is 0.120. The van der Waals surface area contributed by atoms with E-state index in [0.29, 0.717) is 0 Å². The standard InChI is InChI=1S/C30H46O4/c1-23-15-13-17-27(25(23)3)21-29(33-31)19-11-9-7-5-6-8-10-12-20-30(34-32)22-28-18-14-16-24(2)26(28)4/h13-18,29-32H,5-12,19-22H2,1-4H3. The monoisotopic (exact) mass is 470 g/mol.